The third kappa shape index (κ3) is 2.70. The number of carbonyl (C=O) groups excluding carboxylic acids is 1. The van der Waals surface area contributed by atoms with Gasteiger partial charge in [0.15, 0.2) is 0 Å². The van der Waals surface area contributed by atoms with E-state index >= 15 is 0 Å². The molecule has 0 saturated carbocycles. The van der Waals surface area contributed by atoms with E-state index in [0.717, 1.165) is 31.6 Å². The standard InChI is InChI=1S/C21H19N3O3S/c25-21-17-8-4-7-16-19(10-9-18(22-21)20(16)17)28(26,27)23-14-5-3-6-15(13-14)24-11-1-2-12-24/h3-10,13,23H,1-2,11-12H2,(H,22,25). The molecule has 6 nitrogen and oxygen atoms in total. The minimum absolute atomic E-state index is 0.163. The van der Waals surface area contributed by atoms with E-state index in [9.17, 15) is 13.2 Å². The van der Waals surface area contributed by atoms with Crippen LogP contribution in [0.5, 0.6) is 0 Å². The maximum atomic E-state index is 13.1. The van der Waals surface area contributed by atoms with Gasteiger partial charge in [0.05, 0.1) is 10.6 Å². The summed E-state index contributed by atoms with van der Waals surface area (Å²) in [6.45, 7) is 1.98. The zero-order valence-corrected chi connectivity index (χ0v) is 15.9. The molecule has 0 aliphatic carbocycles. The van der Waals surface area contributed by atoms with Gasteiger partial charge in [-0.25, -0.2) is 8.42 Å². The number of amides is 1. The van der Waals surface area contributed by atoms with Crippen molar-refractivity contribution in [1.82, 2.24) is 0 Å². The SMILES string of the molecule is O=C1Nc2ccc(S(=O)(=O)Nc3cccc(N4CCCC4)c3)c3cccc1c23. The highest BCUT2D eigenvalue weighted by atomic mass is 32.2. The second-order valence-corrected chi connectivity index (χ2v) is 8.79. The Balaban J connectivity index is 1.55. The van der Waals surface area contributed by atoms with Crippen LogP contribution in [0.25, 0.3) is 10.8 Å². The molecule has 0 unspecified atom stereocenters. The Morgan fingerprint density at radius 3 is 2.57 bits per heavy atom. The van der Waals surface area contributed by atoms with Gasteiger partial charge in [-0.05, 0) is 49.2 Å². The molecule has 2 heterocycles. The van der Waals surface area contributed by atoms with Crippen LogP contribution in [0, 0.1) is 0 Å². The van der Waals surface area contributed by atoms with Crippen molar-refractivity contribution in [2.75, 3.05) is 28.0 Å². The first-order valence-corrected chi connectivity index (χ1v) is 10.8. The number of hydrogen-bond donors (Lipinski definition) is 2. The van der Waals surface area contributed by atoms with E-state index in [1.807, 2.05) is 18.2 Å². The predicted molar refractivity (Wildman–Crippen MR) is 111 cm³/mol. The van der Waals surface area contributed by atoms with E-state index < -0.39 is 10.0 Å². The van der Waals surface area contributed by atoms with Crippen LogP contribution in [-0.4, -0.2) is 27.4 Å². The number of rotatable bonds is 4. The predicted octanol–water partition coefficient (Wildman–Crippen LogP) is 3.81. The smallest absolute Gasteiger partial charge is 0.262 e. The summed E-state index contributed by atoms with van der Waals surface area (Å²) >= 11 is 0. The molecule has 0 aromatic heterocycles. The van der Waals surface area contributed by atoms with E-state index in [2.05, 4.69) is 14.9 Å². The topological polar surface area (TPSA) is 78.5 Å². The minimum Gasteiger partial charge on any atom is -0.371 e. The highest BCUT2D eigenvalue weighted by molar-refractivity contribution is 7.93. The maximum Gasteiger partial charge on any atom is 0.262 e. The molecule has 5 rings (SSSR count). The molecule has 1 amide bonds. The van der Waals surface area contributed by atoms with Crippen LogP contribution in [0.3, 0.4) is 0 Å². The largest absolute Gasteiger partial charge is 0.371 e. The normalized spacial score (nSPS) is 15.9. The number of nitrogens with zero attached hydrogens (tertiary/aromatic N) is 1. The molecule has 2 N–H and O–H groups in total. The lowest BCUT2D eigenvalue weighted by Gasteiger charge is -2.19. The molecule has 2 aliphatic rings. The zero-order chi connectivity index (χ0) is 19.3. The highest BCUT2D eigenvalue weighted by Crippen LogP contribution is 2.37. The quantitative estimate of drug-likeness (QED) is 0.707. The Kier molecular flexibility index (Phi) is 3.80. The second-order valence-electron chi connectivity index (χ2n) is 7.14. The number of anilines is 3. The summed E-state index contributed by atoms with van der Waals surface area (Å²) in [5, 5.41) is 3.97. The number of sulfonamides is 1. The second kappa shape index (κ2) is 6.24. The molecule has 142 valence electrons. The average molecular weight is 393 g/mol. The Bertz CT molecular complexity index is 1210. The van der Waals surface area contributed by atoms with Gasteiger partial charge in [-0.3, -0.25) is 9.52 Å². The van der Waals surface area contributed by atoms with E-state index in [1.165, 1.54) is 0 Å². The summed E-state index contributed by atoms with van der Waals surface area (Å²) in [6.07, 6.45) is 2.31. The van der Waals surface area contributed by atoms with Gasteiger partial charge in [0.25, 0.3) is 15.9 Å². The van der Waals surface area contributed by atoms with Crippen molar-refractivity contribution in [3.8, 4) is 0 Å². The summed E-state index contributed by atoms with van der Waals surface area (Å²) in [7, 11) is -3.81. The van der Waals surface area contributed by atoms with Crippen molar-refractivity contribution < 1.29 is 13.2 Å². The van der Waals surface area contributed by atoms with Crippen molar-refractivity contribution >= 4 is 43.8 Å². The van der Waals surface area contributed by atoms with Gasteiger partial charge < -0.3 is 10.2 Å². The van der Waals surface area contributed by atoms with Crippen LogP contribution in [0.2, 0.25) is 0 Å². The van der Waals surface area contributed by atoms with Crippen molar-refractivity contribution in [3.63, 3.8) is 0 Å². The van der Waals surface area contributed by atoms with Crippen LogP contribution in [0.1, 0.15) is 23.2 Å². The molecule has 3 aromatic carbocycles. The molecule has 28 heavy (non-hydrogen) atoms. The Labute approximate surface area is 163 Å². The number of nitrogens with one attached hydrogen (secondary N) is 2. The first-order chi connectivity index (χ1) is 13.5. The fraction of sp³-hybridized carbons (Fsp3) is 0.190. The zero-order valence-electron chi connectivity index (χ0n) is 15.1. The van der Waals surface area contributed by atoms with Crippen molar-refractivity contribution in [2.24, 2.45) is 0 Å². The Hall–Kier alpha value is -3.06. The summed E-state index contributed by atoms with van der Waals surface area (Å²) in [4.78, 5) is 14.5. The lowest BCUT2D eigenvalue weighted by molar-refractivity contribution is 0.103. The molecule has 0 radical (unpaired) electrons. The van der Waals surface area contributed by atoms with Crippen LogP contribution in [-0.2, 0) is 10.0 Å². The van der Waals surface area contributed by atoms with Crippen LogP contribution in [0.15, 0.2) is 59.5 Å². The average Bonchev–Trinajstić information content (AvgIpc) is 3.32. The van der Waals surface area contributed by atoms with Crippen molar-refractivity contribution in [3.05, 3.63) is 60.2 Å². The first-order valence-electron chi connectivity index (χ1n) is 9.28. The lowest BCUT2D eigenvalue weighted by Crippen LogP contribution is -2.18. The molecule has 0 atom stereocenters. The fourth-order valence-electron chi connectivity index (χ4n) is 4.05. The lowest BCUT2D eigenvalue weighted by atomic mass is 10.1. The fourth-order valence-corrected chi connectivity index (χ4v) is 5.30. The van der Waals surface area contributed by atoms with E-state index in [-0.39, 0.29) is 10.8 Å². The van der Waals surface area contributed by atoms with Gasteiger partial charge in [0, 0.05) is 40.8 Å². The van der Waals surface area contributed by atoms with Crippen molar-refractivity contribution in [2.45, 2.75) is 17.7 Å². The highest BCUT2D eigenvalue weighted by Gasteiger charge is 2.26. The third-order valence-corrected chi connectivity index (χ3v) is 6.79. The van der Waals surface area contributed by atoms with Gasteiger partial charge in [0.1, 0.15) is 0 Å². The molecule has 1 fully saturated rings. The summed E-state index contributed by atoms with van der Waals surface area (Å²) < 4.78 is 29.0. The Morgan fingerprint density at radius 1 is 0.964 bits per heavy atom. The molecular weight excluding hydrogens is 374 g/mol. The van der Waals surface area contributed by atoms with Gasteiger partial charge in [-0.1, -0.05) is 18.2 Å². The van der Waals surface area contributed by atoms with E-state index in [4.69, 9.17) is 0 Å². The Morgan fingerprint density at radius 2 is 1.75 bits per heavy atom. The summed E-state index contributed by atoms with van der Waals surface area (Å²) in [5.41, 5.74) is 2.70. The molecule has 2 aliphatic heterocycles. The molecule has 1 saturated heterocycles. The molecular formula is C21H19N3O3S. The minimum atomic E-state index is -3.81. The molecule has 0 bridgehead atoms. The molecule has 0 spiro atoms. The van der Waals surface area contributed by atoms with E-state index in [1.54, 1.807) is 36.4 Å². The monoisotopic (exact) mass is 393 g/mol. The van der Waals surface area contributed by atoms with Gasteiger partial charge >= 0.3 is 0 Å². The maximum absolute atomic E-state index is 13.1. The summed E-state index contributed by atoms with van der Waals surface area (Å²) in [5.74, 6) is -0.207. The van der Waals surface area contributed by atoms with E-state index in [0.29, 0.717) is 27.7 Å². The van der Waals surface area contributed by atoms with Gasteiger partial charge in [0.2, 0.25) is 0 Å². The van der Waals surface area contributed by atoms with Crippen molar-refractivity contribution in [1.29, 1.82) is 0 Å². The van der Waals surface area contributed by atoms with Crippen LogP contribution < -0.4 is 14.9 Å². The van der Waals surface area contributed by atoms with Gasteiger partial charge in [-0.15, -0.1) is 0 Å². The third-order valence-electron chi connectivity index (χ3n) is 5.35. The number of hydrogen-bond acceptors (Lipinski definition) is 4. The van der Waals surface area contributed by atoms with Crippen LogP contribution >= 0.6 is 0 Å². The molecule has 3 aromatic rings. The first kappa shape index (κ1) is 17.1. The van der Waals surface area contributed by atoms with Gasteiger partial charge in [-0.2, -0.15) is 0 Å². The summed E-state index contributed by atoms with van der Waals surface area (Å²) in [6, 6.07) is 15.8. The van der Waals surface area contributed by atoms with Crippen LogP contribution in [0.4, 0.5) is 17.1 Å². The number of carbonyl (C=O) groups is 1. The number of benzene rings is 3. The molecule has 7 heteroatoms.